The van der Waals surface area contributed by atoms with Crippen molar-refractivity contribution in [2.24, 2.45) is 5.10 Å². The number of para-hydroxylation sites is 1. The van der Waals surface area contributed by atoms with Crippen LogP contribution in [0.2, 0.25) is 0 Å². The summed E-state index contributed by atoms with van der Waals surface area (Å²) in [6, 6.07) is 23.1. The molecule has 1 N–H and O–H groups in total. The SMILES string of the molecule is Cc1cccc(-c2nn(-c3ccccc3)cc2/C=N\NC(=O)c2cccc([N+](=O)[O-])c2)c1. The number of rotatable bonds is 6. The first-order valence-electron chi connectivity index (χ1n) is 9.81. The van der Waals surface area contributed by atoms with E-state index in [9.17, 15) is 14.9 Å². The number of benzene rings is 3. The number of nitro groups is 1. The Bertz CT molecular complexity index is 1310. The van der Waals surface area contributed by atoms with E-state index >= 15 is 0 Å². The number of non-ortho nitro benzene ring substituents is 1. The average molecular weight is 425 g/mol. The number of nitrogens with one attached hydrogen (secondary N) is 1. The molecule has 0 unspecified atom stereocenters. The van der Waals surface area contributed by atoms with E-state index in [4.69, 9.17) is 5.10 Å². The third-order valence-corrected chi connectivity index (χ3v) is 4.74. The molecule has 1 aromatic heterocycles. The van der Waals surface area contributed by atoms with Crippen molar-refractivity contribution in [3.8, 4) is 16.9 Å². The number of aryl methyl sites for hydroxylation is 1. The fourth-order valence-corrected chi connectivity index (χ4v) is 3.20. The minimum atomic E-state index is -0.549. The highest BCUT2D eigenvalue weighted by molar-refractivity contribution is 5.96. The molecule has 0 saturated carbocycles. The van der Waals surface area contributed by atoms with Gasteiger partial charge in [0.05, 0.1) is 16.8 Å². The van der Waals surface area contributed by atoms with E-state index in [-0.39, 0.29) is 11.3 Å². The van der Waals surface area contributed by atoms with Crippen LogP contribution in [-0.4, -0.2) is 26.8 Å². The molecule has 0 bridgehead atoms. The molecule has 1 amide bonds. The fourth-order valence-electron chi connectivity index (χ4n) is 3.20. The van der Waals surface area contributed by atoms with Gasteiger partial charge < -0.3 is 0 Å². The van der Waals surface area contributed by atoms with Crippen LogP contribution in [0.3, 0.4) is 0 Å². The first-order valence-corrected chi connectivity index (χ1v) is 9.81. The second-order valence-corrected chi connectivity index (χ2v) is 7.09. The maximum Gasteiger partial charge on any atom is 0.271 e. The molecule has 0 fully saturated rings. The standard InChI is InChI=1S/C24H19N5O3/c1-17-7-5-8-18(13-17)23-20(16-28(27-23)21-10-3-2-4-11-21)15-25-26-24(30)19-9-6-12-22(14-19)29(31)32/h2-16H,1H3,(H,26,30)/b25-15-. The molecular weight excluding hydrogens is 406 g/mol. The lowest BCUT2D eigenvalue weighted by molar-refractivity contribution is -0.384. The molecule has 3 aromatic carbocycles. The first-order chi connectivity index (χ1) is 15.5. The second-order valence-electron chi connectivity index (χ2n) is 7.09. The monoisotopic (exact) mass is 425 g/mol. The Kier molecular flexibility index (Phi) is 5.85. The molecule has 0 aliphatic heterocycles. The van der Waals surface area contributed by atoms with Gasteiger partial charge in [-0.25, -0.2) is 10.1 Å². The summed E-state index contributed by atoms with van der Waals surface area (Å²) in [5.41, 5.74) is 6.74. The van der Waals surface area contributed by atoms with Crippen LogP contribution in [0.4, 0.5) is 5.69 Å². The van der Waals surface area contributed by atoms with Crippen molar-refractivity contribution < 1.29 is 9.72 Å². The quantitative estimate of drug-likeness (QED) is 0.279. The summed E-state index contributed by atoms with van der Waals surface area (Å²) in [5, 5.41) is 19.7. The van der Waals surface area contributed by atoms with Gasteiger partial charge in [-0.15, -0.1) is 0 Å². The molecule has 0 radical (unpaired) electrons. The molecule has 4 rings (SSSR count). The predicted molar refractivity (Wildman–Crippen MR) is 122 cm³/mol. The summed E-state index contributed by atoms with van der Waals surface area (Å²) in [7, 11) is 0. The normalized spacial score (nSPS) is 10.9. The molecule has 1 heterocycles. The zero-order valence-corrected chi connectivity index (χ0v) is 17.2. The van der Waals surface area contributed by atoms with Crippen molar-refractivity contribution in [3.05, 3.63) is 112 Å². The summed E-state index contributed by atoms with van der Waals surface area (Å²) >= 11 is 0. The van der Waals surface area contributed by atoms with Crippen molar-refractivity contribution in [1.82, 2.24) is 15.2 Å². The molecule has 8 heteroatoms. The van der Waals surface area contributed by atoms with E-state index in [2.05, 4.69) is 10.5 Å². The van der Waals surface area contributed by atoms with Gasteiger partial charge in [0.1, 0.15) is 5.69 Å². The van der Waals surface area contributed by atoms with Gasteiger partial charge in [0.25, 0.3) is 11.6 Å². The zero-order chi connectivity index (χ0) is 22.5. The van der Waals surface area contributed by atoms with Crippen LogP contribution in [0.15, 0.2) is 90.2 Å². The van der Waals surface area contributed by atoms with Gasteiger partial charge in [-0.1, -0.05) is 48.0 Å². The number of amides is 1. The molecule has 4 aromatic rings. The van der Waals surface area contributed by atoms with E-state index in [0.29, 0.717) is 11.3 Å². The molecule has 0 aliphatic carbocycles. The lowest BCUT2D eigenvalue weighted by atomic mass is 10.1. The minimum absolute atomic E-state index is 0.148. The van der Waals surface area contributed by atoms with E-state index in [0.717, 1.165) is 16.8 Å². The third-order valence-electron chi connectivity index (χ3n) is 4.74. The summed E-state index contributed by atoms with van der Waals surface area (Å²) in [6.45, 7) is 2.00. The topological polar surface area (TPSA) is 102 Å². The fraction of sp³-hybridized carbons (Fsp3) is 0.0417. The maximum atomic E-state index is 12.4. The molecule has 0 saturated heterocycles. The molecule has 32 heavy (non-hydrogen) atoms. The number of nitrogens with zero attached hydrogens (tertiary/aromatic N) is 4. The number of hydrogen-bond donors (Lipinski definition) is 1. The summed E-state index contributed by atoms with van der Waals surface area (Å²) in [5.74, 6) is -0.544. The van der Waals surface area contributed by atoms with Crippen molar-refractivity contribution in [3.63, 3.8) is 0 Å². The Labute approximate surface area is 184 Å². The summed E-state index contributed by atoms with van der Waals surface area (Å²) < 4.78 is 1.75. The van der Waals surface area contributed by atoms with Gasteiger partial charge in [0, 0.05) is 35.0 Å². The number of hydrazone groups is 1. The number of carbonyl (C=O) groups excluding carboxylic acids is 1. The van der Waals surface area contributed by atoms with Crippen LogP contribution in [-0.2, 0) is 0 Å². The van der Waals surface area contributed by atoms with Gasteiger partial charge in [-0.2, -0.15) is 10.2 Å². The van der Waals surface area contributed by atoms with Crippen molar-refractivity contribution in [2.45, 2.75) is 6.92 Å². The summed E-state index contributed by atoms with van der Waals surface area (Å²) in [4.78, 5) is 22.7. The van der Waals surface area contributed by atoms with Crippen LogP contribution in [0.1, 0.15) is 21.5 Å². The molecule has 0 atom stereocenters. The number of hydrogen-bond acceptors (Lipinski definition) is 5. The van der Waals surface area contributed by atoms with Gasteiger partial charge in [0.15, 0.2) is 0 Å². The summed E-state index contributed by atoms with van der Waals surface area (Å²) in [6.07, 6.45) is 3.34. The molecule has 0 aliphatic rings. The van der Waals surface area contributed by atoms with Gasteiger partial charge in [-0.05, 0) is 31.2 Å². The van der Waals surface area contributed by atoms with Crippen LogP contribution in [0.25, 0.3) is 16.9 Å². The minimum Gasteiger partial charge on any atom is -0.267 e. The Balaban J connectivity index is 1.63. The molecule has 8 nitrogen and oxygen atoms in total. The molecule has 0 spiro atoms. The van der Waals surface area contributed by atoms with Crippen molar-refractivity contribution in [2.75, 3.05) is 0 Å². The highest BCUT2D eigenvalue weighted by atomic mass is 16.6. The van der Waals surface area contributed by atoms with Crippen LogP contribution in [0, 0.1) is 17.0 Å². The number of aromatic nitrogens is 2. The van der Waals surface area contributed by atoms with Crippen LogP contribution in [0.5, 0.6) is 0 Å². The smallest absolute Gasteiger partial charge is 0.267 e. The lowest BCUT2D eigenvalue weighted by Gasteiger charge is -2.02. The Morgan fingerprint density at radius 3 is 2.59 bits per heavy atom. The molecular formula is C24H19N5O3. The first kappa shape index (κ1) is 20.7. The average Bonchev–Trinajstić information content (AvgIpc) is 3.24. The Hall–Kier alpha value is -4.59. The molecule has 158 valence electrons. The van der Waals surface area contributed by atoms with Crippen LogP contribution >= 0.6 is 0 Å². The van der Waals surface area contributed by atoms with Gasteiger partial charge in [0.2, 0.25) is 0 Å². The maximum absolute atomic E-state index is 12.4. The van der Waals surface area contributed by atoms with Gasteiger partial charge >= 0.3 is 0 Å². The third kappa shape index (κ3) is 4.59. The largest absolute Gasteiger partial charge is 0.271 e. The lowest BCUT2D eigenvalue weighted by Crippen LogP contribution is -2.17. The van der Waals surface area contributed by atoms with E-state index in [1.807, 2.05) is 67.7 Å². The zero-order valence-electron chi connectivity index (χ0n) is 17.2. The van der Waals surface area contributed by atoms with Crippen LogP contribution < -0.4 is 5.43 Å². The van der Waals surface area contributed by atoms with E-state index < -0.39 is 10.8 Å². The van der Waals surface area contributed by atoms with E-state index in [1.54, 1.807) is 4.68 Å². The Morgan fingerprint density at radius 1 is 1.06 bits per heavy atom. The van der Waals surface area contributed by atoms with Crippen molar-refractivity contribution >= 4 is 17.8 Å². The number of carbonyl (C=O) groups is 1. The van der Waals surface area contributed by atoms with E-state index in [1.165, 1.54) is 30.5 Å². The highest BCUT2D eigenvalue weighted by Crippen LogP contribution is 2.23. The second kappa shape index (κ2) is 9.05. The highest BCUT2D eigenvalue weighted by Gasteiger charge is 2.13. The van der Waals surface area contributed by atoms with Gasteiger partial charge in [-0.3, -0.25) is 14.9 Å². The predicted octanol–water partition coefficient (Wildman–Crippen LogP) is 4.52. The Morgan fingerprint density at radius 2 is 1.84 bits per heavy atom. The number of nitro benzene ring substituents is 1. The van der Waals surface area contributed by atoms with Crippen molar-refractivity contribution in [1.29, 1.82) is 0 Å².